The Morgan fingerprint density at radius 1 is 1.23 bits per heavy atom. The predicted octanol–water partition coefficient (Wildman–Crippen LogP) is 1.77. The molecular formula is C18H24ClN5O2. The summed E-state index contributed by atoms with van der Waals surface area (Å²) in [6, 6.07) is 8.76. The van der Waals surface area contributed by atoms with Gasteiger partial charge in [0.25, 0.3) is 11.8 Å². The number of rotatable bonds is 5. The van der Waals surface area contributed by atoms with Gasteiger partial charge in [-0.15, -0.1) is 12.4 Å². The minimum absolute atomic E-state index is 0. The molecule has 1 aromatic carbocycles. The van der Waals surface area contributed by atoms with Gasteiger partial charge < -0.3 is 16.0 Å². The summed E-state index contributed by atoms with van der Waals surface area (Å²) in [7, 11) is 0. The van der Waals surface area contributed by atoms with Gasteiger partial charge in [-0.1, -0.05) is 0 Å². The molecule has 0 unspecified atom stereocenters. The number of amides is 2. The summed E-state index contributed by atoms with van der Waals surface area (Å²) in [4.78, 5) is 24.8. The summed E-state index contributed by atoms with van der Waals surface area (Å²) in [5.41, 5.74) is 0.555. The number of halogens is 1. The largest absolute Gasteiger partial charge is 0.352 e. The minimum atomic E-state index is -0.687. The molecule has 1 fully saturated rings. The van der Waals surface area contributed by atoms with Crippen LogP contribution < -0.4 is 16.0 Å². The summed E-state index contributed by atoms with van der Waals surface area (Å²) >= 11 is 0. The van der Waals surface area contributed by atoms with E-state index in [1.807, 2.05) is 19.2 Å². The first-order valence-electron chi connectivity index (χ1n) is 8.56. The van der Waals surface area contributed by atoms with E-state index >= 15 is 0 Å². The maximum absolute atomic E-state index is 13.0. The number of carbonyl (C=O) groups is 2. The molecule has 0 radical (unpaired) electrons. The number of piperidine rings is 1. The van der Waals surface area contributed by atoms with Crippen LogP contribution >= 0.6 is 12.4 Å². The van der Waals surface area contributed by atoms with E-state index in [4.69, 9.17) is 0 Å². The van der Waals surface area contributed by atoms with E-state index < -0.39 is 5.54 Å². The van der Waals surface area contributed by atoms with Gasteiger partial charge in [-0.2, -0.15) is 5.10 Å². The molecule has 2 amide bonds. The van der Waals surface area contributed by atoms with E-state index in [1.54, 1.807) is 35.1 Å². The first-order chi connectivity index (χ1) is 12.2. The highest BCUT2D eigenvalue weighted by molar-refractivity contribution is 5.98. The van der Waals surface area contributed by atoms with Crippen molar-refractivity contribution in [3.63, 3.8) is 0 Å². The highest BCUT2D eigenvalue weighted by atomic mass is 35.5. The quantitative estimate of drug-likeness (QED) is 0.741. The van der Waals surface area contributed by atoms with Crippen LogP contribution in [0.4, 0.5) is 5.69 Å². The summed E-state index contributed by atoms with van der Waals surface area (Å²) in [6.45, 7) is 3.99. The van der Waals surface area contributed by atoms with E-state index in [-0.39, 0.29) is 24.2 Å². The second-order valence-corrected chi connectivity index (χ2v) is 6.12. The van der Waals surface area contributed by atoms with Crippen molar-refractivity contribution in [1.29, 1.82) is 0 Å². The van der Waals surface area contributed by atoms with Crippen molar-refractivity contribution in [3.05, 3.63) is 48.3 Å². The number of benzene rings is 1. The number of nitrogens with one attached hydrogen (secondary N) is 3. The van der Waals surface area contributed by atoms with Crippen molar-refractivity contribution >= 4 is 29.9 Å². The number of anilines is 1. The number of carbonyl (C=O) groups excluding carboxylic acids is 2. The Morgan fingerprint density at radius 3 is 2.50 bits per heavy atom. The van der Waals surface area contributed by atoms with Crippen LogP contribution in [0, 0.1) is 0 Å². The fourth-order valence-corrected chi connectivity index (χ4v) is 3.14. The predicted molar refractivity (Wildman–Crippen MR) is 103 cm³/mol. The van der Waals surface area contributed by atoms with Crippen molar-refractivity contribution in [2.75, 3.05) is 25.0 Å². The van der Waals surface area contributed by atoms with Crippen LogP contribution in [0.25, 0.3) is 0 Å². The average molecular weight is 378 g/mol. The van der Waals surface area contributed by atoms with Crippen molar-refractivity contribution in [3.8, 4) is 0 Å². The molecular weight excluding hydrogens is 354 g/mol. The Kier molecular flexibility index (Phi) is 6.76. The highest BCUT2D eigenvalue weighted by Crippen LogP contribution is 2.28. The highest BCUT2D eigenvalue weighted by Gasteiger charge is 2.42. The molecule has 3 rings (SSSR count). The maximum Gasteiger partial charge on any atom is 0.252 e. The third-order valence-corrected chi connectivity index (χ3v) is 4.54. The summed E-state index contributed by atoms with van der Waals surface area (Å²) in [5.74, 6) is -0.199. The molecule has 8 heteroatoms. The molecule has 7 nitrogen and oxygen atoms in total. The van der Waals surface area contributed by atoms with Crippen LogP contribution in [0.1, 0.15) is 30.1 Å². The minimum Gasteiger partial charge on any atom is -0.352 e. The van der Waals surface area contributed by atoms with Crippen LogP contribution in [0.15, 0.2) is 42.7 Å². The summed E-state index contributed by atoms with van der Waals surface area (Å²) in [6.07, 6.45) is 4.89. The standard InChI is InChI=1S/C18H23N5O2.ClH/c1-2-20-16(24)14-4-6-15(7-5-14)22-17(25)18(8-11-19-12-9-18)23-13-3-10-21-23;/h3-7,10,13,19H,2,8-9,11-12H2,1H3,(H,20,24)(H,22,25);1H. The van der Waals surface area contributed by atoms with E-state index in [2.05, 4.69) is 21.0 Å². The van der Waals surface area contributed by atoms with Gasteiger partial charge in [0, 0.05) is 30.2 Å². The zero-order valence-electron chi connectivity index (χ0n) is 14.7. The van der Waals surface area contributed by atoms with Crippen LogP contribution in [0.3, 0.4) is 0 Å². The van der Waals surface area contributed by atoms with Crippen molar-refractivity contribution in [1.82, 2.24) is 20.4 Å². The average Bonchev–Trinajstić information content (AvgIpc) is 3.18. The molecule has 2 aromatic rings. The molecule has 1 saturated heterocycles. The molecule has 0 aliphatic carbocycles. The van der Waals surface area contributed by atoms with Crippen molar-refractivity contribution in [2.24, 2.45) is 0 Å². The zero-order valence-corrected chi connectivity index (χ0v) is 15.5. The van der Waals surface area contributed by atoms with Gasteiger partial charge in [-0.25, -0.2) is 0 Å². The summed E-state index contributed by atoms with van der Waals surface area (Å²) in [5, 5.41) is 13.3. The first kappa shape index (κ1) is 19.9. The number of hydrogen-bond acceptors (Lipinski definition) is 4. The van der Waals surface area contributed by atoms with Crippen LogP contribution in [-0.2, 0) is 10.3 Å². The zero-order chi connectivity index (χ0) is 17.7. The van der Waals surface area contributed by atoms with Gasteiger partial charge in [0.1, 0.15) is 5.54 Å². The molecule has 1 aliphatic rings. The van der Waals surface area contributed by atoms with Crippen LogP contribution in [0.2, 0.25) is 0 Å². The monoisotopic (exact) mass is 377 g/mol. The molecule has 0 spiro atoms. The Hall–Kier alpha value is -2.38. The summed E-state index contributed by atoms with van der Waals surface area (Å²) < 4.78 is 1.76. The van der Waals surface area contributed by atoms with Gasteiger partial charge in [0.2, 0.25) is 0 Å². The maximum atomic E-state index is 13.0. The van der Waals surface area contributed by atoms with Crippen molar-refractivity contribution in [2.45, 2.75) is 25.3 Å². The Morgan fingerprint density at radius 2 is 1.92 bits per heavy atom. The second kappa shape index (κ2) is 8.82. The lowest BCUT2D eigenvalue weighted by molar-refractivity contribution is -0.126. The lowest BCUT2D eigenvalue weighted by Gasteiger charge is -2.36. The molecule has 140 valence electrons. The third kappa shape index (κ3) is 4.05. The normalized spacial score (nSPS) is 15.6. The van der Waals surface area contributed by atoms with Crippen LogP contribution in [-0.4, -0.2) is 41.2 Å². The lowest BCUT2D eigenvalue weighted by Crippen LogP contribution is -2.52. The van der Waals surface area contributed by atoms with Gasteiger partial charge in [0.15, 0.2) is 0 Å². The SMILES string of the molecule is CCNC(=O)c1ccc(NC(=O)C2(n3cccn3)CCNCC2)cc1.Cl. The molecule has 0 bridgehead atoms. The smallest absolute Gasteiger partial charge is 0.252 e. The molecule has 26 heavy (non-hydrogen) atoms. The molecule has 3 N–H and O–H groups in total. The Balaban J connectivity index is 0.00000243. The van der Waals surface area contributed by atoms with Gasteiger partial charge >= 0.3 is 0 Å². The van der Waals surface area contributed by atoms with Gasteiger partial charge in [-0.05, 0) is 63.2 Å². The van der Waals surface area contributed by atoms with Crippen LogP contribution in [0.5, 0.6) is 0 Å². The number of nitrogens with zero attached hydrogens (tertiary/aromatic N) is 2. The molecule has 2 heterocycles. The van der Waals surface area contributed by atoms with E-state index in [0.717, 1.165) is 13.1 Å². The number of hydrogen-bond donors (Lipinski definition) is 3. The molecule has 0 atom stereocenters. The molecule has 0 saturated carbocycles. The third-order valence-electron chi connectivity index (χ3n) is 4.54. The lowest BCUT2D eigenvalue weighted by atomic mass is 9.87. The Bertz CT molecular complexity index is 725. The van der Waals surface area contributed by atoms with Crippen molar-refractivity contribution < 1.29 is 9.59 Å². The topological polar surface area (TPSA) is 88.1 Å². The fraction of sp³-hybridized carbons (Fsp3) is 0.389. The molecule has 1 aliphatic heterocycles. The second-order valence-electron chi connectivity index (χ2n) is 6.12. The number of aromatic nitrogens is 2. The van der Waals surface area contributed by atoms with Gasteiger partial charge in [0.05, 0.1) is 0 Å². The van der Waals surface area contributed by atoms with E-state index in [9.17, 15) is 9.59 Å². The Labute approximate surface area is 159 Å². The fourth-order valence-electron chi connectivity index (χ4n) is 3.14. The first-order valence-corrected chi connectivity index (χ1v) is 8.56. The molecule has 1 aromatic heterocycles. The van der Waals surface area contributed by atoms with E-state index in [1.165, 1.54) is 0 Å². The van der Waals surface area contributed by atoms with Gasteiger partial charge in [-0.3, -0.25) is 14.3 Å². The van der Waals surface area contributed by atoms with E-state index in [0.29, 0.717) is 30.6 Å².